The van der Waals surface area contributed by atoms with Crippen LogP contribution in [0.2, 0.25) is 0 Å². The minimum absolute atomic E-state index is 0.128. The first-order valence-corrected chi connectivity index (χ1v) is 10.8. The number of anilines is 1. The standard InChI is InChI=1S/C21H19N5O2S/c1-25(29(27,28)17-8-5-11-22-13-17)20-12-19(16-6-3-2-4-7-16)24-21-18(15-9-10-15)14-23-26(20)21/h2-8,11-15H,9-10H2,1H3. The maximum Gasteiger partial charge on any atom is 0.266 e. The van der Waals surface area contributed by atoms with Crippen molar-refractivity contribution in [1.82, 2.24) is 19.6 Å². The lowest BCUT2D eigenvalue weighted by Crippen LogP contribution is -2.29. The zero-order chi connectivity index (χ0) is 20.0. The zero-order valence-corrected chi connectivity index (χ0v) is 16.6. The summed E-state index contributed by atoms with van der Waals surface area (Å²) >= 11 is 0. The minimum atomic E-state index is -3.80. The van der Waals surface area contributed by atoms with E-state index < -0.39 is 10.0 Å². The molecule has 0 spiro atoms. The van der Waals surface area contributed by atoms with Gasteiger partial charge in [-0.3, -0.25) is 9.29 Å². The van der Waals surface area contributed by atoms with Crippen molar-refractivity contribution >= 4 is 21.5 Å². The summed E-state index contributed by atoms with van der Waals surface area (Å²) in [5.74, 6) is 0.878. The van der Waals surface area contributed by atoms with Gasteiger partial charge in [0.25, 0.3) is 10.0 Å². The van der Waals surface area contributed by atoms with Gasteiger partial charge in [0.2, 0.25) is 0 Å². The van der Waals surface area contributed by atoms with Crippen molar-refractivity contribution in [2.75, 3.05) is 11.4 Å². The number of fused-ring (bicyclic) bond motifs is 1. The Morgan fingerprint density at radius 1 is 1.07 bits per heavy atom. The zero-order valence-electron chi connectivity index (χ0n) is 15.8. The number of benzene rings is 1. The summed E-state index contributed by atoms with van der Waals surface area (Å²) < 4.78 is 29.3. The number of hydrogen-bond donors (Lipinski definition) is 0. The third-order valence-corrected chi connectivity index (χ3v) is 6.93. The van der Waals surface area contributed by atoms with Crippen molar-refractivity contribution in [2.45, 2.75) is 23.7 Å². The van der Waals surface area contributed by atoms with E-state index in [0.29, 0.717) is 23.1 Å². The normalized spacial score (nSPS) is 14.2. The summed E-state index contributed by atoms with van der Waals surface area (Å²) in [4.78, 5) is 8.91. The van der Waals surface area contributed by atoms with E-state index in [0.717, 1.165) is 24.0 Å². The lowest BCUT2D eigenvalue weighted by Gasteiger charge is -2.21. The number of aromatic nitrogens is 4. The van der Waals surface area contributed by atoms with Gasteiger partial charge in [0, 0.05) is 36.6 Å². The molecular weight excluding hydrogens is 386 g/mol. The van der Waals surface area contributed by atoms with Crippen LogP contribution in [-0.2, 0) is 10.0 Å². The number of pyridine rings is 1. The molecule has 0 N–H and O–H groups in total. The first kappa shape index (κ1) is 17.8. The van der Waals surface area contributed by atoms with Crippen molar-refractivity contribution in [1.29, 1.82) is 0 Å². The molecular formula is C21H19N5O2S. The maximum absolute atomic E-state index is 13.2. The van der Waals surface area contributed by atoms with E-state index in [1.54, 1.807) is 22.8 Å². The predicted octanol–water partition coefficient (Wildman–Crippen LogP) is 3.49. The Bertz CT molecular complexity index is 1280. The average Bonchev–Trinajstić information content (AvgIpc) is 3.52. The van der Waals surface area contributed by atoms with Crippen LogP contribution in [-0.4, -0.2) is 35.0 Å². The second-order valence-corrected chi connectivity index (χ2v) is 9.11. The third kappa shape index (κ3) is 3.05. The van der Waals surface area contributed by atoms with E-state index in [1.807, 2.05) is 36.5 Å². The quantitative estimate of drug-likeness (QED) is 0.508. The number of sulfonamides is 1. The monoisotopic (exact) mass is 405 g/mol. The molecule has 0 radical (unpaired) electrons. The van der Waals surface area contributed by atoms with E-state index in [1.165, 1.54) is 23.6 Å². The van der Waals surface area contributed by atoms with Gasteiger partial charge in [0.1, 0.15) is 10.7 Å². The first-order chi connectivity index (χ1) is 14.1. The van der Waals surface area contributed by atoms with Gasteiger partial charge in [0.05, 0.1) is 11.9 Å². The van der Waals surface area contributed by atoms with E-state index >= 15 is 0 Å². The number of hydrogen-bond acceptors (Lipinski definition) is 5. The molecule has 3 aromatic heterocycles. The fourth-order valence-electron chi connectivity index (χ4n) is 3.41. The molecule has 0 bridgehead atoms. The van der Waals surface area contributed by atoms with Gasteiger partial charge >= 0.3 is 0 Å². The van der Waals surface area contributed by atoms with Crippen LogP contribution in [0.1, 0.15) is 24.3 Å². The lowest BCUT2D eigenvalue weighted by molar-refractivity contribution is 0.593. The summed E-state index contributed by atoms with van der Waals surface area (Å²) in [5, 5.41) is 4.48. The molecule has 0 unspecified atom stereocenters. The van der Waals surface area contributed by atoms with Crippen LogP contribution >= 0.6 is 0 Å². The molecule has 1 fully saturated rings. The topological polar surface area (TPSA) is 80.5 Å². The van der Waals surface area contributed by atoms with Crippen molar-refractivity contribution in [3.8, 4) is 11.3 Å². The molecule has 1 aliphatic carbocycles. The highest BCUT2D eigenvalue weighted by Gasteiger charge is 2.30. The summed E-state index contributed by atoms with van der Waals surface area (Å²) in [6.07, 6.45) is 6.92. The number of nitrogens with zero attached hydrogens (tertiary/aromatic N) is 5. The van der Waals surface area contributed by atoms with Gasteiger partial charge in [-0.05, 0) is 30.9 Å². The van der Waals surface area contributed by atoms with Crippen molar-refractivity contribution in [3.63, 3.8) is 0 Å². The number of rotatable bonds is 5. The molecule has 0 amide bonds. The molecule has 0 aliphatic heterocycles. The fraction of sp³-hybridized carbons (Fsp3) is 0.190. The van der Waals surface area contributed by atoms with Crippen LogP contribution in [0.25, 0.3) is 16.9 Å². The summed E-state index contributed by atoms with van der Waals surface area (Å²) in [5.41, 5.74) is 3.41. The second-order valence-electron chi connectivity index (χ2n) is 7.14. The third-order valence-electron chi connectivity index (χ3n) is 5.18. The second kappa shape index (κ2) is 6.66. The van der Waals surface area contributed by atoms with E-state index in [-0.39, 0.29) is 4.90 Å². The van der Waals surface area contributed by atoms with Gasteiger partial charge in [-0.2, -0.15) is 9.61 Å². The van der Waals surface area contributed by atoms with E-state index in [2.05, 4.69) is 10.1 Å². The summed E-state index contributed by atoms with van der Waals surface area (Å²) in [6, 6.07) is 14.7. The molecule has 146 valence electrons. The van der Waals surface area contributed by atoms with Gasteiger partial charge in [-0.15, -0.1) is 0 Å². The summed E-state index contributed by atoms with van der Waals surface area (Å²) in [7, 11) is -2.26. The molecule has 4 aromatic rings. The van der Waals surface area contributed by atoms with E-state index in [4.69, 9.17) is 4.98 Å². The van der Waals surface area contributed by atoms with Gasteiger partial charge in [-0.1, -0.05) is 30.3 Å². The highest BCUT2D eigenvalue weighted by molar-refractivity contribution is 7.92. The first-order valence-electron chi connectivity index (χ1n) is 9.39. The molecule has 29 heavy (non-hydrogen) atoms. The predicted molar refractivity (Wildman–Crippen MR) is 110 cm³/mol. The van der Waals surface area contributed by atoms with Crippen LogP contribution in [0.4, 0.5) is 5.82 Å². The van der Waals surface area contributed by atoms with Crippen LogP contribution in [0, 0.1) is 0 Å². The average molecular weight is 405 g/mol. The summed E-state index contributed by atoms with van der Waals surface area (Å²) in [6.45, 7) is 0. The highest BCUT2D eigenvalue weighted by Crippen LogP contribution is 2.42. The Labute approximate surface area is 168 Å². The van der Waals surface area contributed by atoms with Crippen molar-refractivity contribution in [3.05, 3.63) is 72.7 Å². The van der Waals surface area contributed by atoms with Crippen LogP contribution in [0.5, 0.6) is 0 Å². The largest absolute Gasteiger partial charge is 0.266 e. The van der Waals surface area contributed by atoms with Gasteiger partial charge < -0.3 is 0 Å². The molecule has 1 aromatic carbocycles. The Kier molecular flexibility index (Phi) is 4.09. The molecule has 1 aliphatic rings. The molecule has 7 nitrogen and oxygen atoms in total. The molecule has 0 saturated heterocycles. The fourth-order valence-corrected chi connectivity index (χ4v) is 4.55. The Morgan fingerprint density at radius 3 is 2.55 bits per heavy atom. The van der Waals surface area contributed by atoms with Gasteiger partial charge in [-0.25, -0.2) is 13.4 Å². The Hall–Kier alpha value is -3.26. The smallest absolute Gasteiger partial charge is 0.263 e. The maximum atomic E-state index is 13.2. The molecule has 1 saturated carbocycles. The SMILES string of the molecule is CN(c1cc(-c2ccccc2)nc2c(C3CC3)cnn12)S(=O)(=O)c1cccnc1. The highest BCUT2D eigenvalue weighted by atomic mass is 32.2. The lowest BCUT2D eigenvalue weighted by atomic mass is 10.1. The Balaban J connectivity index is 1.72. The van der Waals surface area contributed by atoms with Gasteiger partial charge in [0.15, 0.2) is 5.65 Å². The molecule has 3 heterocycles. The molecule has 5 rings (SSSR count). The minimum Gasteiger partial charge on any atom is -0.263 e. The van der Waals surface area contributed by atoms with Crippen LogP contribution < -0.4 is 4.31 Å². The van der Waals surface area contributed by atoms with Crippen molar-refractivity contribution in [2.24, 2.45) is 0 Å². The van der Waals surface area contributed by atoms with Crippen LogP contribution in [0.15, 0.2) is 72.0 Å². The van der Waals surface area contributed by atoms with Crippen LogP contribution in [0.3, 0.4) is 0 Å². The molecule has 0 atom stereocenters. The van der Waals surface area contributed by atoms with Crippen molar-refractivity contribution < 1.29 is 8.42 Å². The Morgan fingerprint density at radius 2 is 1.86 bits per heavy atom. The molecule has 8 heteroatoms. The van der Waals surface area contributed by atoms with E-state index in [9.17, 15) is 8.42 Å².